The Kier molecular flexibility index (Phi) is 5.58. The van der Waals surface area contributed by atoms with E-state index in [-0.39, 0.29) is 29.9 Å². The molecule has 1 amide bonds. The van der Waals surface area contributed by atoms with Gasteiger partial charge in [0.15, 0.2) is 9.84 Å². The van der Waals surface area contributed by atoms with Gasteiger partial charge in [0, 0.05) is 19.0 Å². The van der Waals surface area contributed by atoms with Crippen LogP contribution in [0.25, 0.3) is 0 Å². The van der Waals surface area contributed by atoms with E-state index in [0.717, 1.165) is 5.75 Å². The minimum atomic E-state index is -3.01. The van der Waals surface area contributed by atoms with Crippen molar-refractivity contribution in [3.8, 4) is 5.75 Å². The van der Waals surface area contributed by atoms with E-state index in [4.69, 9.17) is 4.74 Å². The number of carbonyl (C=O) groups excluding carboxylic acids is 1. The molecule has 2 rings (SSSR count). The topological polar surface area (TPSA) is 84.5 Å². The second-order valence-corrected chi connectivity index (χ2v) is 7.21. The van der Waals surface area contributed by atoms with Gasteiger partial charge in [0.2, 0.25) is 5.91 Å². The van der Waals surface area contributed by atoms with Crippen LogP contribution in [0.5, 0.6) is 5.75 Å². The predicted octanol–water partition coefficient (Wildman–Crippen LogP) is -0.0417. The zero-order valence-corrected chi connectivity index (χ0v) is 12.6. The van der Waals surface area contributed by atoms with Crippen LogP contribution in [-0.2, 0) is 14.6 Å². The Hall–Kier alpha value is -1.60. The van der Waals surface area contributed by atoms with Gasteiger partial charge in [-0.2, -0.15) is 0 Å². The zero-order valence-electron chi connectivity index (χ0n) is 11.7. The van der Waals surface area contributed by atoms with Gasteiger partial charge in [-0.3, -0.25) is 4.79 Å². The molecule has 1 saturated heterocycles. The molecule has 1 fully saturated rings. The van der Waals surface area contributed by atoms with Gasteiger partial charge in [0.25, 0.3) is 0 Å². The van der Waals surface area contributed by atoms with Crippen LogP contribution in [0.2, 0.25) is 0 Å². The van der Waals surface area contributed by atoms with Crippen LogP contribution in [0.4, 0.5) is 0 Å². The monoisotopic (exact) mass is 312 g/mol. The fourth-order valence-electron chi connectivity index (χ4n) is 2.17. The fourth-order valence-corrected chi connectivity index (χ4v) is 3.61. The number of amides is 1. The molecular weight excluding hydrogens is 292 g/mol. The highest BCUT2D eigenvalue weighted by Crippen LogP contribution is 2.07. The van der Waals surface area contributed by atoms with Gasteiger partial charge < -0.3 is 15.4 Å². The van der Waals surface area contributed by atoms with Crippen molar-refractivity contribution in [1.29, 1.82) is 0 Å². The average Bonchev–Trinajstić information content (AvgIpc) is 2.44. The van der Waals surface area contributed by atoms with E-state index in [1.165, 1.54) is 0 Å². The lowest BCUT2D eigenvalue weighted by atomic mass is 10.2. The van der Waals surface area contributed by atoms with Crippen molar-refractivity contribution in [2.24, 2.45) is 0 Å². The quantitative estimate of drug-likeness (QED) is 0.720. The molecule has 7 heteroatoms. The van der Waals surface area contributed by atoms with E-state index in [0.29, 0.717) is 19.7 Å². The Morgan fingerprint density at radius 2 is 2.10 bits per heavy atom. The molecule has 6 nitrogen and oxygen atoms in total. The van der Waals surface area contributed by atoms with Crippen LogP contribution in [0.3, 0.4) is 0 Å². The lowest BCUT2D eigenvalue weighted by Crippen LogP contribution is -2.47. The molecule has 1 aromatic rings. The summed E-state index contributed by atoms with van der Waals surface area (Å²) in [5.74, 6) is 0.768. The maximum atomic E-state index is 11.7. The average molecular weight is 312 g/mol. The van der Waals surface area contributed by atoms with Gasteiger partial charge in [0.1, 0.15) is 12.4 Å². The molecule has 0 aromatic heterocycles. The maximum absolute atomic E-state index is 11.7. The molecule has 0 spiro atoms. The van der Waals surface area contributed by atoms with Gasteiger partial charge >= 0.3 is 0 Å². The largest absolute Gasteiger partial charge is 0.492 e. The van der Waals surface area contributed by atoms with Crippen LogP contribution < -0.4 is 15.4 Å². The first kappa shape index (κ1) is 15.8. The lowest BCUT2D eigenvalue weighted by molar-refractivity contribution is -0.121. The second kappa shape index (κ2) is 7.42. The molecule has 1 aliphatic heterocycles. The number of benzene rings is 1. The van der Waals surface area contributed by atoms with Gasteiger partial charge in [-0.15, -0.1) is 0 Å². The minimum Gasteiger partial charge on any atom is -0.492 e. The van der Waals surface area contributed by atoms with E-state index < -0.39 is 9.84 Å². The van der Waals surface area contributed by atoms with Gasteiger partial charge in [0.05, 0.1) is 18.1 Å². The Balaban J connectivity index is 1.64. The SMILES string of the molecule is O=C(CC1CS(=O)(=O)CCN1)NCCOc1ccccc1. The van der Waals surface area contributed by atoms with Crippen LogP contribution >= 0.6 is 0 Å². The van der Waals surface area contributed by atoms with Crippen LogP contribution in [0.1, 0.15) is 6.42 Å². The first-order valence-electron chi connectivity index (χ1n) is 6.93. The number of nitrogens with one attached hydrogen (secondary N) is 2. The summed E-state index contributed by atoms with van der Waals surface area (Å²) < 4.78 is 28.4. The third kappa shape index (κ3) is 5.73. The van der Waals surface area contributed by atoms with E-state index in [1.54, 1.807) is 0 Å². The van der Waals surface area contributed by atoms with E-state index in [2.05, 4.69) is 10.6 Å². The van der Waals surface area contributed by atoms with Crippen molar-refractivity contribution in [3.05, 3.63) is 30.3 Å². The number of hydrogen-bond donors (Lipinski definition) is 2. The highest BCUT2D eigenvalue weighted by atomic mass is 32.2. The summed E-state index contributed by atoms with van der Waals surface area (Å²) in [6.07, 6.45) is 0.171. The molecule has 0 radical (unpaired) electrons. The molecule has 21 heavy (non-hydrogen) atoms. The smallest absolute Gasteiger partial charge is 0.221 e. The van der Waals surface area contributed by atoms with Crippen LogP contribution in [-0.4, -0.2) is 51.6 Å². The molecule has 2 N–H and O–H groups in total. The third-order valence-corrected chi connectivity index (χ3v) is 4.91. The standard InChI is InChI=1S/C14H20N2O4S/c17-14(10-12-11-21(18,19)9-7-15-12)16-6-8-20-13-4-2-1-3-5-13/h1-5,12,15H,6-11H2,(H,16,17). The fraction of sp³-hybridized carbons (Fsp3) is 0.500. The van der Waals surface area contributed by atoms with Crippen molar-refractivity contribution in [3.63, 3.8) is 0 Å². The van der Waals surface area contributed by atoms with E-state index in [1.807, 2.05) is 30.3 Å². The third-order valence-electron chi connectivity index (χ3n) is 3.17. The summed E-state index contributed by atoms with van der Waals surface area (Å²) in [6, 6.07) is 9.06. The highest BCUT2D eigenvalue weighted by molar-refractivity contribution is 7.91. The Morgan fingerprint density at radius 3 is 2.81 bits per heavy atom. The number of ether oxygens (including phenoxy) is 1. The molecule has 1 unspecified atom stereocenters. The summed E-state index contributed by atoms with van der Waals surface area (Å²) >= 11 is 0. The maximum Gasteiger partial charge on any atom is 0.221 e. The molecule has 1 atom stereocenters. The second-order valence-electron chi connectivity index (χ2n) is 4.98. The van der Waals surface area contributed by atoms with Gasteiger partial charge in [-0.1, -0.05) is 18.2 Å². The Morgan fingerprint density at radius 1 is 1.33 bits per heavy atom. The number of carbonyl (C=O) groups is 1. The van der Waals surface area contributed by atoms with E-state index >= 15 is 0 Å². The molecule has 0 aliphatic carbocycles. The Labute approximate surface area is 124 Å². The summed E-state index contributed by atoms with van der Waals surface area (Å²) in [5, 5.41) is 5.78. The number of rotatable bonds is 6. The molecule has 116 valence electrons. The van der Waals surface area contributed by atoms with Crippen LogP contribution in [0, 0.1) is 0 Å². The summed E-state index contributed by atoms with van der Waals surface area (Å²) in [6.45, 7) is 1.19. The van der Waals surface area contributed by atoms with Crippen molar-refractivity contribution in [1.82, 2.24) is 10.6 Å². The van der Waals surface area contributed by atoms with E-state index in [9.17, 15) is 13.2 Å². The zero-order chi connectivity index (χ0) is 15.1. The summed E-state index contributed by atoms with van der Waals surface area (Å²) in [4.78, 5) is 11.7. The number of hydrogen-bond acceptors (Lipinski definition) is 5. The lowest BCUT2D eigenvalue weighted by Gasteiger charge is -2.23. The molecular formula is C14H20N2O4S. The number of para-hydroxylation sites is 1. The normalized spacial score (nSPS) is 20.7. The molecule has 1 heterocycles. The molecule has 0 saturated carbocycles. The molecule has 1 aliphatic rings. The van der Waals surface area contributed by atoms with Gasteiger partial charge in [-0.05, 0) is 12.1 Å². The highest BCUT2D eigenvalue weighted by Gasteiger charge is 2.25. The Bertz CT molecular complexity index is 560. The van der Waals surface area contributed by atoms with Crippen LogP contribution in [0.15, 0.2) is 30.3 Å². The first-order valence-corrected chi connectivity index (χ1v) is 8.76. The summed E-state index contributed by atoms with van der Waals surface area (Å²) in [7, 11) is -3.01. The van der Waals surface area contributed by atoms with Crippen molar-refractivity contribution < 1.29 is 17.9 Å². The molecule has 0 bridgehead atoms. The van der Waals surface area contributed by atoms with Crippen molar-refractivity contribution in [2.45, 2.75) is 12.5 Å². The number of sulfone groups is 1. The summed E-state index contributed by atoms with van der Waals surface area (Å²) in [5.41, 5.74) is 0. The predicted molar refractivity (Wildman–Crippen MR) is 80.0 cm³/mol. The molecule has 1 aromatic carbocycles. The van der Waals surface area contributed by atoms with Gasteiger partial charge in [-0.25, -0.2) is 8.42 Å². The minimum absolute atomic E-state index is 0.0287. The van der Waals surface area contributed by atoms with Crippen molar-refractivity contribution in [2.75, 3.05) is 31.2 Å². The van der Waals surface area contributed by atoms with Crippen molar-refractivity contribution >= 4 is 15.7 Å². The first-order chi connectivity index (χ1) is 10.1.